The first-order chi connectivity index (χ1) is 14.2. The van der Waals surface area contributed by atoms with Crippen molar-refractivity contribution in [1.29, 1.82) is 0 Å². The summed E-state index contributed by atoms with van der Waals surface area (Å²) in [6, 6.07) is 11.4. The summed E-state index contributed by atoms with van der Waals surface area (Å²) < 4.78 is 30.5. The third kappa shape index (κ3) is 3.14. The van der Waals surface area contributed by atoms with Crippen molar-refractivity contribution in [3.8, 4) is 5.75 Å². The highest BCUT2D eigenvalue weighted by Gasteiger charge is 2.31. The van der Waals surface area contributed by atoms with Crippen LogP contribution in [0, 0.1) is 5.92 Å². The van der Waals surface area contributed by atoms with Crippen LogP contribution in [0.2, 0.25) is 0 Å². The largest absolute Gasteiger partial charge is 0.506 e. The van der Waals surface area contributed by atoms with Crippen LogP contribution in [0.15, 0.2) is 56.6 Å². The zero-order valence-corrected chi connectivity index (χ0v) is 17.2. The average molecular weight is 427 g/mol. The molecule has 0 atom stereocenters. The molecular formula is C20H21N5O4S. The van der Waals surface area contributed by atoms with E-state index < -0.39 is 15.6 Å². The normalized spacial score (nSPS) is 14.8. The predicted octanol–water partition coefficient (Wildman–Crippen LogP) is 2.05. The van der Waals surface area contributed by atoms with Crippen molar-refractivity contribution >= 4 is 38.1 Å². The van der Waals surface area contributed by atoms with Gasteiger partial charge in [0.15, 0.2) is 5.84 Å². The first kappa shape index (κ1) is 19.8. The van der Waals surface area contributed by atoms with E-state index in [4.69, 9.17) is 5.73 Å². The molecule has 2 heterocycles. The minimum absolute atomic E-state index is 0.0431. The number of para-hydroxylation sites is 1. The molecule has 0 fully saturated rings. The number of nitrogens with one attached hydrogen (secondary N) is 2. The minimum Gasteiger partial charge on any atom is -0.506 e. The lowest BCUT2D eigenvalue weighted by molar-refractivity contribution is 0.478. The van der Waals surface area contributed by atoms with E-state index in [1.54, 1.807) is 30.3 Å². The fourth-order valence-corrected chi connectivity index (χ4v) is 4.57. The van der Waals surface area contributed by atoms with E-state index >= 15 is 0 Å². The molecule has 4 rings (SSSR count). The number of nitrogens with two attached hydrogens (primary N) is 1. The number of nitrogens with zero attached hydrogens (tertiary/aromatic N) is 2. The van der Waals surface area contributed by atoms with Crippen LogP contribution in [0.25, 0.3) is 10.9 Å². The van der Waals surface area contributed by atoms with Gasteiger partial charge in [0.05, 0.1) is 16.9 Å². The van der Waals surface area contributed by atoms with Crippen LogP contribution in [-0.2, 0) is 10.0 Å². The number of pyridine rings is 1. The fraction of sp³-hybridized carbons (Fsp3) is 0.200. The monoisotopic (exact) mass is 427 g/mol. The van der Waals surface area contributed by atoms with Crippen molar-refractivity contribution in [3.05, 3.63) is 58.4 Å². The van der Waals surface area contributed by atoms with Crippen LogP contribution in [0.5, 0.6) is 5.75 Å². The van der Waals surface area contributed by atoms with Crippen LogP contribution >= 0.6 is 0 Å². The molecule has 0 saturated carbocycles. The van der Waals surface area contributed by atoms with Gasteiger partial charge in [0, 0.05) is 11.9 Å². The van der Waals surface area contributed by atoms with Crippen molar-refractivity contribution < 1.29 is 13.5 Å². The number of aromatic hydroxyl groups is 1. The van der Waals surface area contributed by atoms with E-state index in [0.717, 1.165) is 0 Å². The van der Waals surface area contributed by atoms with Crippen molar-refractivity contribution in [3.63, 3.8) is 0 Å². The lowest BCUT2D eigenvalue weighted by Gasteiger charge is -2.22. The van der Waals surface area contributed by atoms with E-state index in [9.17, 15) is 18.3 Å². The average Bonchev–Trinajstić information content (AvgIpc) is 2.67. The van der Waals surface area contributed by atoms with E-state index in [-0.39, 0.29) is 39.3 Å². The molecule has 0 amide bonds. The van der Waals surface area contributed by atoms with Gasteiger partial charge in [0.1, 0.15) is 16.2 Å². The van der Waals surface area contributed by atoms with E-state index in [1.165, 1.54) is 16.8 Å². The van der Waals surface area contributed by atoms with Gasteiger partial charge >= 0.3 is 0 Å². The standard InChI is InChI=1S/C20H21N5O4S/c1-11(2)10-22-25-15-9-4-3-6-12(15)17(26)16(20(25)27)19-23-14-8-5-7-13(21)18(14)30(28,29)24-19/h3-9,11,22,26H,10,21H2,1-2H3,(H,23,24). The Kier molecular flexibility index (Phi) is 4.65. The Morgan fingerprint density at radius 1 is 1.20 bits per heavy atom. The number of nitrogen functional groups attached to an aromatic ring is 1. The maximum atomic E-state index is 13.3. The van der Waals surface area contributed by atoms with Crippen LogP contribution in [-0.4, -0.2) is 30.6 Å². The molecule has 10 heteroatoms. The Morgan fingerprint density at radius 3 is 2.67 bits per heavy atom. The first-order valence-electron chi connectivity index (χ1n) is 9.32. The molecule has 0 spiro atoms. The second-order valence-electron chi connectivity index (χ2n) is 7.40. The molecule has 0 saturated heterocycles. The molecule has 1 aromatic heterocycles. The summed E-state index contributed by atoms with van der Waals surface area (Å²) in [6.45, 7) is 4.47. The van der Waals surface area contributed by atoms with E-state index in [1.807, 2.05) is 13.8 Å². The summed E-state index contributed by atoms with van der Waals surface area (Å²) in [4.78, 5) is 13.1. The van der Waals surface area contributed by atoms with Crippen molar-refractivity contribution in [2.24, 2.45) is 10.3 Å². The van der Waals surface area contributed by atoms with Crippen molar-refractivity contribution in [1.82, 2.24) is 4.68 Å². The van der Waals surface area contributed by atoms with Gasteiger partial charge in [-0.05, 0) is 30.2 Å². The summed E-state index contributed by atoms with van der Waals surface area (Å²) in [5, 5.41) is 14.1. The van der Waals surface area contributed by atoms with Gasteiger partial charge in [-0.25, -0.2) is 4.68 Å². The molecule has 2 aromatic carbocycles. The number of hydrogen-bond donors (Lipinski definition) is 4. The molecule has 156 valence electrons. The number of amidine groups is 1. The summed E-state index contributed by atoms with van der Waals surface area (Å²) in [5.74, 6) is -0.373. The quantitative estimate of drug-likeness (QED) is 0.467. The lowest BCUT2D eigenvalue weighted by Crippen LogP contribution is -2.37. The number of benzene rings is 2. The Hall–Kier alpha value is -3.53. The van der Waals surface area contributed by atoms with E-state index in [2.05, 4.69) is 15.1 Å². The first-order valence-corrected chi connectivity index (χ1v) is 10.8. The third-order valence-electron chi connectivity index (χ3n) is 4.72. The number of aromatic nitrogens is 1. The molecule has 0 radical (unpaired) electrons. The highest BCUT2D eigenvalue weighted by Crippen LogP contribution is 2.34. The highest BCUT2D eigenvalue weighted by molar-refractivity contribution is 7.90. The maximum absolute atomic E-state index is 13.3. The van der Waals surface area contributed by atoms with Gasteiger partial charge in [0.25, 0.3) is 15.6 Å². The maximum Gasteiger partial charge on any atom is 0.288 e. The van der Waals surface area contributed by atoms with Gasteiger partial charge in [-0.15, -0.1) is 4.40 Å². The number of anilines is 2. The van der Waals surface area contributed by atoms with Gasteiger partial charge in [0.2, 0.25) is 0 Å². The second-order valence-corrected chi connectivity index (χ2v) is 8.94. The number of sulfonamides is 1. The van der Waals surface area contributed by atoms with Gasteiger partial charge in [-0.2, -0.15) is 8.42 Å². The second kappa shape index (κ2) is 7.06. The van der Waals surface area contributed by atoms with Crippen LogP contribution < -0.4 is 22.0 Å². The summed E-state index contributed by atoms with van der Waals surface area (Å²) in [6.07, 6.45) is 0. The van der Waals surface area contributed by atoms with Gasteiger partial charge in [-0.3, -0.25) is 4.79 Å². The molecule has 0 aliphatic carbocycles. The Morgan fingerprint density at radius 2 is 1.93 bits per heavy atom. The predicted molar refractivity (Wildman–Crippen MR) is 117 cm³/mol. The van der Waals surface area contributed by atoms with E-state index in [0.29, 0.717) is 17.4 Å². The molecule has 0 unspecified atom stereocenters. The molecule has 3 aromatic rings. The number of rotatable bonds is 4. The van der Waals surface area contributed by atoms with Crippen LogP contribution in [0.1, 0.15) is 19.4 Å². The minimum atomic E-state index is -4.17. The van der Waals surface area contributed by atoms with Gasteiger partial charge in [-0.1, -0.05) is 32.0 Å². The van der Waals surface area contributed by atoms with Gasteiger partial charge < -0.3 is 21.6 Å². The smallest absolute Gasteiger partial charge is 0.288 e. The van der Waals surface area contributed by atoms with Crippen LogP contribution in [0.4, 0.5) is 11.4 Å². The molecular weight excluding hydrogens is 406 g/mol. The molecule has 0 bridgehead atoms. The van der Waals surface area contributed by atoms with Crippen molar-refractivity contribution in [2.75, 3.05) is 23.0 Å². The number of fused-ring (bicyclic) bond motifs is 2. The summed E-state index contributed by atoms with van der Waals surface area (Å²) in [7, 11) is -4.17. The van der Waals surface area contributed by atoms with Crippen LogP contribution in [0.3, 0.4) is 0 Å². The molecule has 30 heavy (non-hydrogen) atoms. The highest BCUT2D eigenvalue weighted by atomic mass is 32.2. The Balaban J connectivity index is 1.98. The zero-order chi connectivity index (χ0) is 21.6. The number of hydrogen-bond acceptors (Lipinski definition) is 7. The molecule has 1 aliphatic heterocycles. The summed E-state index contributed by atoms with van der Waals surface area (Å²) in [5.41, 5.74) is 8.69. The lowest BCUT2D eigenvalue weighted by atomic mass is 10.1. The SMILES string of the molecule is CC(C)CNn1c(=O)c(C2=NS(=O)(=O)c3c(N)cccc3N2)c(O)c2ccccc21. The Bertz CT molecular complexity index is 1360. The Labute approximate surface area is 172 Å². The molecule has 5 N–H and O–H groups in total. The fourth-order valence-electron chi connectivity index (χ4n) is 3.34. The third-order valence-corrected chi connectivity index (χ3v) is 6.11. The molecule has 1 aliphatic rings. The van der Waals surface area contributed by atoms with Crippen molar-refractivity contribution in [2.45, 2.75) is 18.7 Å². The topological polar surface area (TPSA) is 139 Å². The molecule has 9 nitrogen and oxygen atoms in total. The summed E-state index contributed by atoms with van der Waals surface area (Å²) >= 11 is 0. The zero-order valence-electron chi connectivity index (χ0n) is 16.4.